The fourth-order valence-electron chi connectivity index (χ4n) is 2.22. The average molecular weight is 295 g/mol. The first-order valence-electron chi connectivity index (χ1n) is 6.24. The number of benzene rings is 2. The standard InChI is InChI=1S/C16H16ClFO2/c1-16(19,13-5-3-4-6-15(13)20-2)10-11-7-8-12(18)9-14(11)17/h3-9,19H,10H2,1-2H3. The van der Waals surface area contributed by atoms with Gasteiger partial charge in [0.05, 0.1) is 12.7 Å². The summed E-state index contributed by atoms with van der Waals surface area (Å²) in [5.41, 5.74) is 0.195. The van der Waals surface area contributed by atoms with Crippen molar-refractivity contribution in [1.82, 2.24) is 0 Å². The highest BCUT2D eigenvalue weighted by Crippen LogP contribution is 2.34. The minimum absolute atomic E-state index is 0.270. The van der Waals surface area contributed by atoms with E-state index in [0.717, 1.165) is 0 Å². The Labute approximate surface area is 122 Å². The third-order valence-electron chi connectivity index (χ3n) is 3.24. The number of methoxy groups -OCH3 is 1. The lowest BCUT2D eigenvalue weighted by atomic mass is 9.88. The van der Waals surface area contributed by atoms with Crippen LogP contribution in [-0.2, 0) is 12.0 Å². The van der Waals surface area contributed by atoms with Crippen molar-refractivity contribution in [1.29, 1.82) is 0 Å². The fraction of sp³-hybridized carbons (Fsp3) is 0.250. The quantitative estimate of drug-likeness (QED) is 0.925. The molecule has 4 heteroatoms. The molecule has 0 fully saturated rings. The molecule has 0 radical (unpaired) electrons. The van der Waals surface area contributed by atoms with Crippen LogP contribution in [0, 0.1) is 5.82 Å². The number of aliphatic hydroxyl groups is 1. The number of hydrogen-bond acceptors (Lipinski definition) is 2. The Bertz CT molecular complexity index is 611. The maximum Gasteiger partial charge on any atom is 0.124 e. The molecule has 1 atom stereocenters. The highest BCUT2D eigenvalue weighted by atomic mass is 35.5. The Balaban J connectivity index is 2.35. The van der Waals surface area contributed by atoms with E-state index in [1.807, 2.05) is 12.1 Å². The van der Waals surface area contributed by atoms with Gasteiger partial charge in [-0.3, -0.25) is 0 Å². The normalized spacial score (nSPS) is 13.8. The van der Waals surface area contributed by atoms with Crippen LogP contribution in [0.25, 0.3) is 0 Å². The monoisotopic (exact) mass is 294 g/mol. The Morgan fingerprint density at radius 3 is 2.60 bits per heavy atom. The Morgan fingerprint density at radius 1 is 1.25 bits per heavy atom. The highest BCUT2D eigenvalue weighted by Gasteiger charge is 2.27. The van der Waals surface area contributed by atoms with Gasteiger partial charge in [0.25, 0.3) is 0 Å². The lowest BCUT2D eigenvalue weighted by molar-refractivity contribution is 0.0549. The molecular weight excluding hydrogens is 279 g/mol. The second kappa shape index (κ2) is 5.81. The molecule has 0 saturated heterocycles. The van der Waals surface area contributed by atoms with Crippen molar-refractivity contribution in [2.45, 2.75) is 18.9 Å². The van der Waals surface area contributed by atoms with E-state index in [2.05, 4.69) is 0 Å². The van der Waals surface area contributed by atoms with Crippen molar-refractivity contribution >= 4 is 11.6 Å². The molecule has 0 aliphatic carbocycles. The van der Waals surface area contributed by atoms with Crippen LogP contribution >= 0.6 is 11.6 Å². The Morgan fingerprint density at radius 2 is 1.95 bits per heavy atom. The predicted molar refractivity (Wildman–Crippen MR) is 77.7 cm³/mol. The maximum absolute atomic E-state index is 13.1. The highest BCUT2D eigenvalue weighted by molar-refractivity contribution is 6.31. The van der Waals surface area contributed by atoms with E-state index in [1.54, 1.807) is 32.2 Å². The molecule has 2 aromatic rings. The van der Waals surface area contributed by atoms with E-state index >= 15 is 0 Å². The van der Waals surface area contributed by atoms with Crippen molar-refractivity contribution in [3.05, 3.63) is 64.4 Å². The van der Waals surface area contributed by atoms with Gasteiger partial charge in [0.1, 0.15) is 11.6 Å². The molecule has 0 aromatic heterocycles. The Hall–Kier alpha value is -1.58. The van der Waals surface area contributed by atoms with Crippen molar-refractivity contribution in [2.75, 3.05) is 7.11 Å². The lowest BCUT2D eigenvalue weighted by Crippen LogP contribution is -2.25. The smallest absolute Gasteiger partial charge is 0.124 e. The summed E-state index contributed by atoms with van der Waals surface area (Å²) in [6, 6.07) is 11.4. The van der Waals surface area contributed by atoms with Gasteiger partial charge in [-0.05, 0) is 30.7 Å². The van der Waals surface area contributed by atoms with E-state index in [9.17, 15) is 9.50 Å². The summed E-state index contributed by atoms with van der Waals surface area (Å²) in [7, 11) is 1.56. The molecule has 0 bridgehead atoms. The van der Waals surface area contributed by atoms with Crippen LogP contribution in [0.15, 0.2) is 42.5 Å². The number of para-hydroxylation sites is 1. The van der Waals surface area contributed by atoms with Gasteiger partial charge in [-0.25, -0.2) is 4.39 Å². The predicted octanol–water partition coefficient (Wildman–Crippen LogP) is 3.94. The van der Waals surface area contributed by atoms with Gasteiger partial charge in [-0.2, -0.15) is 0 Å². The van der Waals surface area contributed by atoms with Gasteiger partial charge in [-0.1, -0.05) is 35.9 Å². The number of rotatable bonds is 4. The zero-order chi connectivity index (χ0) is 14.8. The van der Waals surface area contributed by atoms with E-state index < -0.39 is 11.4 Å². The minimum atomic E-state index is -1.16. The first-order chi connectivity index (χ1) is 9.44. The fourth-order valence-corrected chi connectivity index (χ4v) is 2.45. The van der Waals surface area contributed by atoms with Gasteiger partial charge < -0.3 is 9.84 Å². The minimum Gasteiger partial charge on any atom is -0.496 e. The average Bonchev–Trinajstić information content (AvgIpc) is 2.42. The SMILES string of the molecule is COc1ccccc1C(C)(O)Cc1ccc(F)cc1Cl. The van der Waals surface area contributed by atoms with Crippen molar-refractivity contribution < 1.29 is 14.2 Å². The number of hydrogen-bond donors (Lipinski definition) is 1. The first-order valence-corrected chi connectivity index (χ1v) is 6.61. The van der Waals surface area contributed by atoms with Gasteiger partial charge in [-0.15, -0.1) is 0 Å². The topological polar surface area (TPSA) is 29.5 Å². The molecule has 106 valence electrons. The van der Waals surface area contributed by atoms with E-state index in [0.29, 0.717) is 21.9 Å². The summed E-state index contributed by atoms with van der Waals surface area (Å²) < 4.78 is 18.3. The van der Waals surface area contributed by atoms with Crippen molar-refractivity contribution in [3.63, 3.8) is 0 Å². The largest absolute Gasteiger partial charge is 0.496 e. The maximum atomic E-state index is 13.1. The summed E-state index contributed by atoms with van der Waals surface area (Å²) in [6.07, 6.45) is 0.270. The summed E-state index contributed by atoms with van der Waals surface area (Å²) in [4.78, 5) is 0. The molecule has 0 amide bonds. The van der Waals surface area contributed by atoms with Crippen LogP contribution in [-0.4, -0.2) is 12.2 Å². The van der Waals surface area contributed by atoms with Crippen LogP contribution < -0.4 is 4.74 Å². The third kappa shape index (κ3) is 3.11. The van der Waals surface area contributed by atoms with E-state index in [1.165, 1.54) is 12.1 Å². The zero-order valence-electron chi connectivity index (χ0n) is 11.4. The van der Waals surface area contributed by atoms with Crippen LogP contribution in [0.3, 0.4) is 0 Å². The molecule has 0 heterocycles. The molecule has 2 rings (SSSR count). The second-order valence-electron chi connectivity index (χ2n) is 4.89. The van der Waals surface area contributed by atoms with Crippen LogP contribution in [0.4, 0.5) is 4.39 Å². The molecule has 0 spiro atoms. The summed E-state index contributed by atoms with van der Waals surface area (Å²) in [5, 5.41) is 11.0. The molecule has 1 unspecified atom stereocenters. The van der Waals surface area contributed by atoms with Crippen LogP contribution in [0.5, 0.6) is 5.75 Å². The van der Waals surface area contributed by atoms with Gasteiger partial charge in [0.2, 0.25) is 0 Å². The summed E-state index contributed by atoms with van der Waals surface area (Å²) >= 11 is 6.01. The molecular formula is C16H16ClFO2. The van der Waals surface area contributed by atoms with Gasteiger partial charge in [0.15, 0.2) is 0 Å². The first kappa shape index (κ1) is 14.8. The van der Waals surface area contributed by atoms with Crippen molar-refractivity contribution in [2.24, 2.45) is 0 Å². The Kier molecular flexibility index (Phi) is 4.31. The molecule has 2 aromatic carbocycles. The van der Waals surface area contributed by atoms with Gasteiger partial charge >= 0.3 is 0 Å². The van der Waals surface area contributed by atoms with Crippen LogP contribution in [0.1, 0.15) is 18.1 Å². The van der Waals surface area contributed by atoms with E-state index in [-0.39, 0.29) is 6.42 Å². The molecule has 2 nitrogen and oxygen atoms in total. The number of halogens is 2. The summed E-state index contributed by atoms with van der Waals surface area (Å²) in [6.45, 7) is 1.69. The molecule has 0 aliphatic rings. The van der Waals surface area contributed by atoms with Gasteiger partial charge in [0, 0.05) is 17.0 Å². The zero-order valence-corrected chi connectivity index (χ0v) is 12.1. The molecule has 20 heavy (non-hydrogen) atoms. The van der Waals surface area contributed by atoms with Crippen molar-refractivity contribution in [3.8, 4) is 5.75 Å². The molecule has 0 saturated carbocycles. The molecule has 1 N–H and O–H groups in total. The second-order valence-corrected chi connectivity index (χ2v) is 5.29. The van der Waals surface area contributed by atoms with E-state index in [4.69, 9.17) is 16.3 Å². The summed E-state index contributed by atoms with van der Waals surface area (Å²) in [5.74, 6) is 0.214. The van der Waals surface area contributed by atoms with Crippen LogP contribution in [0.2, 0.25) is 5.02 Å². The lowest BCUT2D eigenvalue weighted by Gasteiger charge is -2.26. The third-order valence-corrected chi connectivity index (χ3v) is 3.59. The molecule has 0 aliphatic heterocycles. The number of ether oxygens (including phenoxy) is 1.